The summed E-state index contributed by atoms with van der Waals surface area (Å²) < 4.78 is 5.84. The second-order valence-electron chi connectivity index (χ2n) is 6.56. The molecule has 0 aliphatic heterocycles. The molecule has 146 valence electrons. The van der Waals surface area contributed by atoms with Crippen LogP contribution in [0.25, 0.3) is 11.3 Å². The van der Waals surface area contributed by atoms with E-state index in [2.05, 4.69) is 20.3 Å². The van der Waals surface area contributed by atoms with Gasteiger partial charge in [0.25, 0.3) is 0 Å². The molecule has 0 spiro atoms. The number of pyridine rings is 1. The summed E-state index contributed by atoms with van der Waals surface area (Å²) >= 11 is 0. The van der Waals surface area contributed by atoms with Gasteiger partial charge in [-0.3, -0.25) is 0 Å². The minimum absolute atomic E-state index is 0.197. The summed E-state index contributed by atoms with van der Waals surface area (Å²) in [6, 6.07) is 22.6. The van der Waals surface area contributed by atoms with Gasteiger partial charge in [-0.2, -0.15) is 10.2 Å². The zero-order valence-electron chi connectivity index (χ0n) is 16.2. The van der Waals surface area contributed by atoms with E-state index in [1.54, 1.807) is 18.3 Å². The first-order chi connectivity index (χ1) is 14.6. The number of nitrogens with one attached hydrogen (secondary N) is 1. The molecule has 0 aliphatic rings. The molecule has 7 nitrogen and oxygen atoms in total. The van der Waals surface area contributed by atoms with Crippen molar-refractivity contribution in [3.05, 3.63) is 84.2 Å². The Labute approximate surface area is 173 Å². The zero-order valence-corrected chi connectivity index (χ0v) is 16.2. The van der Waals surface area contributed by atoms with Gasteiger partial charge in [-0.1, -0.05) is 30.3 Å². The van der Waals surface area contributed by atoms with E-state index in [4.69, 9.17) is 15.7 Å². The molecule has 0 saturated heterocycles. The molecule has 0 amide bonds. The van der Waals surface area contributed by atoms with Crippen LogP contribution >= 0.6 is 0 Å². The van der Waals surface area contributed by atoms with Gasteiger partial charge < -0.3 is 15.8 Å². The van der Waals surface area contributed by atoms with Crippen molar-refractivity contribution in [2.24, 2.45) is 0 Å². The standard InChI is InChI=1S/C23H18N6O/c1-15-11-18(30-19-9-10-26-17(12-19)14-24)7-8-20(15)27-22-13-21(28-23(25)29-22)16-5-3-2-4-6-16/h2-13H,1H3,(H3,25,27,28,29). The maximum absolute atomic E-state index is 8.96. The highest BCUT2D eigenvalue weighted by Crippen LogP contribution is 2.29. The number of nitrogens with zero attached hydrogens (tertiary/aromatic N) is 4. The molecule has 30 heavy (non-hydrogen) atoms. The summed E-state index contributed by atoms with van der Waals surface area (Å²) in [5.74, 6) is 2.01. The van der Waals surface area contributed by atoms with Crippen molar-refractivity contribution in [3.63, 3.8) is 0 Å². The summed E-state index contributed by atoms with van der Waals surface area (Å²) in [6.07, 6.45) is 1.54. The predicted molar refractivity (Wildman–Crippen MR) is 115 cm³/mol. The lowest BCUT2D eigenvalue weighted by molar-refractivity contribution is 0.481. The van der Waals surface area contributed by atoms with E-state index in [0.29, 0.717) is 23.0 Å². The van der Waals surface area contributed by atoms with Crippen LogP contribution in [0.5, 0.6) is 11.5 Å². The number of nitrogen functional groups attached to an aromatic ring is 1. The fourth-order valence-electron chi connectivity index (χ4n) is 2.94. The van der Waals surface area contributed by atoms with Crippen molar-refractivity contribution in [3.8, 4) is 28.8 Å². The molecule has 4 rings (SSSR count). The van der Waals surface area contributed by atoms with Crippen LogP contribution < -0.4 is 15.8 Å². The molecule has 0 atom stereocenters. The van der Waals surface area contributed by atoms with E-state index < -0.39 is 0 Å². The van der Waals surface area contributed by atoms with Crippen LogP contribution in [0.4, 0.5) is 17.5 Å². The first kappa shape index (κ1) is 18.9. The van der Waals surface area contributed by atoms with Crippen LogP contribution in [0.3, 0.4) is 0 Å². The summed E-state index contributed by atoms with van der Waals surface area (Å²) in [7, 11) is 0. The van der Waals surface area contributed by atoms with E-state index in [-0.39, 0.29) is 5.95 Å². The number of aromatic nitrogens is 3. The third kappa shape index (κ3) is 4.34. The van der Waals surface area contributed by atoms with Crippen molar-refractivity contribution < 1.29 is 4.74 Å². The van der Waals surface area contributed by atoms with Gasteiger partial charge in [-0.15, -0.1) is 0 Å². The summed E-state index contributed by atoms with van der Waals surface area (Å²) in [5, 5.41) is 12.3. The fraction of sp³-hybridized carbons (Fsp3) is 0.0435. The SMILES string of the molecule is Cc1cc(Oc2ccnc(C#N)c2)ccc1Nc1cc(-c2ccccc2)nc(N)n1. The third-order valence-corrected chi connectivity index (χ3v) is 4.36. The van der Waals surface area contributed by atoms with Crippen molar-refractivity contribution in [1.82, 2.24) is 15.0 Å². The Morgan fingerprint density at radius 2 is 1.77 bits per heavy atom. The molecule has 2 heterocycles. The van der Waals surface area contributed by atoms with Gasteiger partial charge in [0.2, 0.25) is 5.95 Å². The van der Waals surface area contributed by atoms with Gasteiger partial charge >= 0.3 is 0 Å². The summed E-state index contributed by atoms with van der Waals surface area (Å²) in [4.78, 5) is 12.6. The number of hydrogen-bond donors (Lipinski definition) is 2. The lowest BCUT2D eigenvalue weighted by atomic mass is 10.1. The highest BCUT2D eigenvalue weighted by Gasteiger charge is 2.08. The Morgan fingerprint density at radius 3 is 2.53 bits per heavy atom. The van der Waals surface area contributed by atoms with Crippen LogP contribution in [0.2, 0.25) is 0 Å². The molecular weight excluding hydrogens is 376 g/mol. The number of aryl methyl sites for hydroxylation is 1. The number of nitrogens with two attached hydrogens (primary N) is 1. The van der Waals surface area contributed by atoms with Crippen LogP contribution in [0.15, 0.2) is 72.9 Å². The third-order valence-electron chi connectivity index (χ3n) is 4.36. The number of ether oxygens (including phenoxy) is 1. The molecule has 0 radical (unpaired) electrons. The largest absolute Gasteiger partial charge is 0.457 e. The first-order valence-electron chi connectivity index (χ1n) is 9.22. The summed E-state index contributed by atoms with van der Waals surface area (Å²) in [5.41, 5.74) is 9.75. The normalized spacial score (nSPS) is 10.3. The molecule has 3 N–H and O–H groups in total. The average Bonchev–Trinajstić information content (AvgIpc) is 2.76. The fourth-order valence-corrected chi connectivity index (χ4v) is 2.94. The predicted octanol–water partition coefficient (Wildman–Crippen LogP) is 4.84. The highest BCUT2D eigenvalue weighted by atomic mass is 16.5. The monoisotopic (exact) mass is 394 g/mol. The number of hydrogen-bond acceptors (Lipinski definition) is 7. The van der Waals surface area contributed by atoms with Gasteiger partial charge in [-0.05, 0) is 36.8 Å². The van der Waals surface area contributed by atoms with Crippen molar-refractivity contribution in [2.45, 2.75) is 6.92 Å². The van der Waals surface area contributed by atoms with E-state index in [0.717, 1.165) is 22.5 Å². The molecule has 0 bridgehead atoms. The highest BCUT2D eigenvalue weighted by molar-refractivity contribution is 5.68. The topological polar surface area (TPSA) is 110 Å². The van der Waals surface area contributed by atoms with Gasteiger partial charge in [0.05, 0.1) is 5.69 Å². The Bertz CT molecular complexity index is 1230. The number of nitriles is 1. The first-order valence-corrected chi connectivity index (χ1v) is 9.22. The van der Waals surface area contributed by atoms with E-state index >= 15 is 0 Å². The van der Waals surface area contributed by atoms with Gasteiger partial charge in [0, 0.05) is 29.6 Å². The molecular formula is C23H18N6O. The Morgan fingerprint density at radius 1 is 0.967 bits per heavy atom. The van der Waals surface area contributed by atoms with Gasteiger partial charge in [0.15, 0.2) is 0 Å². The smallest absolute Gasteiger partial charge is 0.222 e. The number of benzene rings is 2. The molecule has 0 unspecified atom stereocenters. The Balaban J connectivity index is 1.56. The average molecular weight is 394 g/mol. The quantitative estimate of drug-likeness (QED) is 0.498. The van der Waals surface area contributed by atoms with Crippen molar-refractivity contribution in [1.29, 1.82) is 5.26 Å². The Kier molecular flexibility index (Phi) is 5.22. The zero-order chi connectivity index (χ0) is 20.9. The van der Waals surface area contributed by atoms with Crippen LogP contribution in [0.1, 0.15) is 11.3 Å². The van der Waals surface area contributed by atoms with Crippen molar-refractivity contribution >= 4 is 17.5 Å². The van der Waals surface area contributed by atoms with E-state index in [1.807, 2.05) is 67.6 Å². The minimum Gasteiger partial charge on any atom is -0.457 e. The maximum atomic E-state index is 8.96. The van der Waals surface area contributed by atoms with E-state index in [9.17, 15) is 0 Å². The molecule has 2 aromatic heterocycles. The van der Waals surface area contributed by atoms with Gasteiger partial charge in [-0.25, -0.2) is 9.97 Å². The minimum atomic E-state index is 0.197. The molecule has 0 fully saturated rings. The van der Waals surface area contributed by atoms with Gasteiger partial charge in [0.1, 0.15) is 29.1 Å². The second kappa shape index (κ2) is 8.29. The van der Waals surface area contributed by atoms with E-state index in [1.165, 1.54) is 0 Å². The molecule has 0 aliphatic carbocycles. The van der Waals surface area contributed by atoms with Crippen LogP contribution in [-0.2, 0) is 0 Å². The molecule has 2 aromatic carbocycles. The molecule has 0 saturated carbocycles. The maximum Gasteiger partial charge on any atom is 0.222 e. The van der Waals surface area contributed by atoms with Crippen LogP contribution in [0, 0.1) is 18.3 Å². The molecule has 4 aromatic rings. The second-order valence-corrected chi connectivity index (χ2v) is 6.56. The number of rotatable bonds is 5. The molecule has 7 heteroatoms. The Hall–Kier alpha value is -4.44. The van der Waals surface area contributed by atoms with Crippen LogP contribution in [-0.4, -0.2) is 15.0 Å². The lowest BCUT2D eigenvalue weighted by Gasteiger charge is -2.13. The van der Waals surface area contributed by atoms with Crippen molar-refractivity contribution in [2.75, 3.05) is 11.1 Å². The summed E-state index contributed by atoms with van der Waals surface area (Å²) in [6.45, 7) is 1.96. The number of anilines is 3. The lowest BCUT2D eigenvalue weighted by Crippen LogP contribution is -2.02.